The quantitative estimate of drug-likeness (QED) is 0.812. The van der Waals surface area contributed by atoms with Gasteiger partial charge < -0.3 is 10.1 Å². The number of carbonyl (C=O) groups is 1. The first kappa shape index (κ1) is 15.0. The van der Waals surface area contributed by atoms with Crippen LogP contribution in [0.5, 0.6) is 0 Å². The fourth-order valence-corrected chi connectivity index (χ4v) is 2.19. The Hall–Kier alpha value is -1.03. The van der Waals surface area contributed by atoms with Crippen LogP contribution in [0.15, 0.2) is 22.7 Å². The molecule has 1 N–H and O–H groups in total. The third kappa shape index (κ3) is 4.69. The minimum Gasteiger partial charge on any atom is -0.466 e. The van der Waals surface area contributed by atoms with Gasteiger partial charge in [-0.25, -0.2) is 0 Å². The van der Waals surface area contributed by atoms with Gasteiger partial charge >= 0.3 is 5.97 Å². The maximum atomic E-state index is 11.4. The van der Waals surface area contributed by atoms with Crippen LogP contribution in [0, 0.1) is 0 Å². The lowest BCUT2D eigenvalue weighted by molar-refractivity contribution is -0.143. The average Bonchev–Trinajstić information content (AvgIpc) is 2.31. The van der Waals surface area contributed by atoms with Crippen molar-refractivity contribution in [2.45, 2.75) is 39.7 Å². The van der Waals surface area contributed by atoms with Gasteiger partial charge in [0.2, 0.25) is 0 Å². The highest BCUT2D eigenvalue weighted by atomic mass is 79.9. The van der Waals surface area contributed by atoms with Crippen molar-refractivity contribution in [3.8, 4) is 0 Å². The van der Waals surface area contributed by atoms with Gasteiger partial charge in [-0.3, -0.25) is 4.79 Å². The maximum absolute atomic E-state index is 11.4. The summed E-state index contributed by atoms with van der Waals surface area (Å²) >= 11 is 3.46. The van der Waals surface area contributed by atoms with E-state index >= 15 is 0 Å². The topological polar surface area (TPSA) is 38.3 Å². The van der Waals surface area contributed by atoms with E-state index in [9.17, 15) is 4.79 Å². The van der Waals surface area contributed by atoms with E-state index in [4.69, 9.17) is 4.74 Å². The van der Waals surface area contributed by atoms with Gasteiger partial charge in [-0.1, -0.05) is 22.9 Å². The largest absolute Gasteiger partial charge is 0.466 e. The monoisotopic (exact) mass is 313 g/mol. The Kier molecular flexibility index (Phi) is 6.19. The molecular weight excluding hydrogens is 294 g/mol. The van der Waals surface area contributed by atoms with Crippen LogP contribution < -0.4 is 5.32 Å². The zero-order valence-corrected chi connectivity index (χ0v) is 12.7. The third-order valence-electron chi connectivity index (χ3n) is 2.63. The highest BCUT2D eigenvalue weighted by molar-refractivity contribution is 9.10. The molecule has 0 spiro atoms. The van der Waals surface area contributed by atoms with Crippen molar-refractivity contribution in [2.24, 2.45) is 0 Å². The van der Waals surface area contributed by atoms with Crippen LogP contribution in [0.1, 0.15) is 32.8 Å². The van der Waals surface area contributed by atoms with E-state index in [1.165, 1.54) is 5.56 Å². The molecular formula is C14H20BrNO2. The van der Waals surface area contributed by atoms with Crippen LogP contribution >= 0.6 is 15.9 Å². The minimum absolute atomic E-state index is 0.0653. The molecule has 0 fully saturated rings. The average molecular weight is 314 g/mol. The Morgan fingerprint density at radius 2 is 2.17 bits per heavy atom. The third-order valence-corrected chi connectivity index (χ3v) is 3.12. The summed E-state index contributed by atoms with van der Waals surface area (Å²) in [5.74, 6) is -0.160. The Labute approximate surface area is 117 Å². The van der Waals surface area contributed by atoms with Gasteiger partial charge in [0.15, 0.2) is 0 Å². The van der Waals surface area contributed by atoms with Gasteiger partial charge in [-0.15, -0.1) is 0 Å². The van der Waals surface area contributed by atoms with E-state index in [0.717, 1.165) is 16.6 Å². The first-order chi connectivity index (χ1) is 8.56. The van der Waals surface area contributed by atoms with Crippen molar-refractivity contribution in [1.82, 2.24) is 0 Å². The fourth-order valence-electron chi connectivity index (χ4n) is 1.78. The summed E-state index contributed by atoms with van der Waals surface area (Å²) in [5, 5.41) is 3.36. The minimum atomic E-state index is -0.160. The summed E-state index contributed by atoms with van der Waals surface area (Å²) < 4.78 is 6.01. The molecule has 0 saturated heterocycles. The molecule has 1 rings (SSSR count). The number of nitrogens with one attached hydrogen (secondary N) is 1. The lowest BCUT2D eigenvalue weighted by atomic mass is 10.1. The predicted octanol–water partition coefficient (Wildman–Crippen LogP) is 3.77. The first-order valence-corrected chi connectivity index (χ1v) is 7.06. The van der Waals surface area contributed by atoms with Gasteiger partial charge in [0, 0.05) is 16.2 Å². The summed E-state index contributed by atoms with van der Waals surface area (Å²) in [5.41, 5.74) is 2.32. The molecule has 0 aliphatic carbocycles. The van der Waals surface area contributed by atoms with Crippen LogP contribution in [0.4, 0.5) is 5.69 Å². The van der Waals surface area contributed by atoms with E-state index in [2.05, 4.69) is 34.2 Å². The van der Waals surface area contributed by atoms with Gasteiger partial charge in [0.1, 0.15) is 0 Å². The number of aryl methyl sites for hydroxylation is 1. The van der Waals surface area contributed by atoms with E-state index in [0.29, 0.717) is 13.0 Å². The molecule has 0 radical (unpaired) electrons. The second-order valence-corrected chi connectivity index (χ2v) is 5.13. The number of halogens is 1. The van der Waals surface area contributed by atoms with Crippen LogP contribution in [0.25, 0.3) is 0 Å². The van der Waals surface area contributed by atoms with E-state index in [1.54, 1.807) is 0 Å². The second-order valence-electron chi connectivity index (χ2n) is 4.21. The van der Waals surface area contributed by atoms with Crippen molar-refractivity contribution >= 4 is 27.6 Å². The Bertz CT molecular complexity index is 407. The molecule has 0 aliphatic heterocycles. The van der Waals surface area contributed by atoms with Gasteiger partial charge in [0.25, 0.3) is 0 Å². The molecule has 0 aromatic heterocycles. The molecule has 18 heavy (non-hydrogen) atoms. The maximum Gasteiger partial charge on any atom is 0.307 e. The number of ether oxygens (including phenoxy) is 1. The fraction of sp³-hybridized carbons (Fsp3) is 0.500. The molecule has 1 aromatic carbocycles. The second kappa shape index (κ2) is 7.41. The zero-order chi connectivity index (χ0) is 13.5. The number of hydrogen-bond donors (Lipinski definition) is 1. The number of hydrogen-bond acceptors (Lipinski definition) is 3. The van der Waals surface area contributed by atoms with Crippen molar-refractivity contribution in [3.63, 3.8) is 0 Å². The standard InChI is InChI=1S/C14H20BrNO2/c1-4-11-9-12(15)6-7-13(11)16-10(3)8-14(17)18-5-2/h6-7,9-10,16H,4-5,8H2,1-3H3. The van der Waals surface area contributed by atoms with E-state index < -0.39 is 0 Å². The number of rotatable bonds is 6. The lowest BCUT2D eigenvalue weighted by Gasteiger charge is -2.17. The highest BCUT2D eigenvalue weighted by Gasteiger charge is 2.11. The van der Waals surface area contributed by atoms with Crippen molar-refractivity contribution in [3.05, 3.63) is 28.2 Å². The lowest BCUT2D eigenvalue weighted by Crippen LogP contribution is -2.21. The summed E-state index contributed by atoms with van der Waals surface area (Å²) in [6.07, 6.45) is 1.33. The molecule has 0 bridgehead atoms. The normalized spacial score (nSPS) is 12.0. The molecule has 1 aromatic rings. The summed E-state index contributed by atoms with van der Waals surface area (Å²) in [6.45, 7) is 6.35. The summed E-state index contributed by atoms with van der Waals surface area (Å²) in [4.78, 5) is 11.4. The molecule has 1 unspecified atom stereocenters. The van der Waals surface area contributed by atoms with Gasteiger partial charge in [-0.05, 0) is 44.0 Å². The van der Waals surface area contributed by atoms with Crippen LogP contribution in [0.3, 0.4) is 0 Å². The number of benzene rings is 1. The molecule has 0 heterocycles. The first-order valence-electron chi connectivity index (χ1n) is 6.27. The predicted molar refractivity (Wildman–Crippen MR) is 77.9 cm³/mol. The molecule has 0 amide bonds. The molecule has 0 saturated carbocycles. The molecule has 1 atom stereocenters. The van der Waals surface area contributed by atoms with Crippen LogP contribution in [-0.4, -0.2) is 18.6 Å². The number of carbonyl (C=O) groups excluding carboxylic acids is 1. The van der Waals surface area contributed by atoms with E-state index in [1.807, 2.05) is 26.0 Å². The van der Waals surface area contributed by atoms with Gasteiger partial charge in [0.05, 0.1) is 13.0 Å². The molecule has 4 heteroatoms. The molecule has 100 valence electrons. The highest BCUT2D eigenvalue weighted by Crippen LogP contribution is 2.22. The Morgan fingerprint density at radius 3 is 2.78 bits per heavy atom. The molecule has 0 aliphatic rings. The molecule has 3 nitrogen and oxygen atoms in total. The van der Waals surface area contributed by atoms with Crippen molar-refractivity contribution in [2.75, 3.05) is 11.9 Å². The van der Waals surface area contributed by atoms with Crippen LogP contribution in [0.2, 0.25) is 0 Å². The zero-order valence-electron chi connectivity index (χ0n) is 11.1. The summed E-state index contributed by atoms with van der Waals surface area (Å²) in [6, 6.07) is 6.19. The van der Waals surface area contributed by atoms with E-state index in [-0.39, 0.29) is 12.0 Å². The van der Waals surface area contributed by atoms with Crippen molar-refractivity contribution in [1.29, 1.82) is 0 Å². The Balaban J connectivity index is 2.63. The smallest absolute Gasteiger partial charge is 0.307 e. The SMILES string of the molecule is CCOC(=O)CC(C)Nc1ccc(Br)cc1CC. The Morgan fingerprint density at radius 1 is 1.44 bits per heavy atom. The van der Waals surface area contributed by atoms with Crippen LogP contribution in [-0.2, 0) is 16.0 Å². The van der Waals surface area contributed by atoms with Crippen molar-refractivity contribution < 1.29 is 9.53 Å². The number of anilines is 1. The number of esters is 1. The summed E-state index contributed by atoms with van der Waals surface area (Å²) in [7, 11) is 0. The van der Waals surface area contributed by atoms with Gasteiger partial charge in [-0.2, -0.15) is 0 Å².